The summed E-state index contributed by atoms with van der Waals surface area (Å²) in [5, 5.41) is 0. The Labute approximate surface area is 188 Å². The molecule has 158 valence electrons. The van der Waals surface area contributed by atoms with Crippen molar-refractivity contribution in [3.8, 4) is 11.5 Å². The summed E-state index contributed by atoms with van der Waals surface area (Å²) in [6.45, 7) is 8.42. The van der Waals surface area contributed by atoms with E-state index in [1.807, 2.05) is 36.5 Å². The van der Waals surface area contributed by atoms with Crippen molar-refractivity contribution in [2.75, 3.05) is 6.54 Å². The highest BCUT2D eigenvalue weighted by Gasteiger charge is 2.33. The Hall–Kier alpha value is -2.69. The number of rotatable bonds is 5. The molecule has 0 radical (unpaired) electrons. The standard InChI is InChI=1S/C27H28N2OS/c1-4-22-19(3)31-26-23(22)15-16-29(25(26)20-11-7-5-8-12-20)17-24-18(2)30-27(28-24)21-13-9-6-10-14-21/h5-14,25H,4,15-17H2,1-3H3/t25-/m1/s1. The topological polar surface area (TPSA) is 29.3 Å². The van der Waals surface area contributed by atoms with Crippen molar-refractivity contribution in [1.29, 1.82) is 0 Å². The van der Waals surface area contributed by atoms with Gasteiger partial charge < -0.3 is 4.42 Å². The number of fused-ring (bicyclic) bond motifs is 1. The summed E-state index contributed by atoms with van der Waals surface area (Å²) < 4.78 is 6.06. The molecule has 2 aromatic carbocycles. The van der Waals surface area contributed by atoms with E-state index in [-0.39, 0.29) is 6.04 Å². The fraction of sp³-hybridized carbons (Fsp3) is 0.296. The number of benzene rings is 2. The summed E-state index contributed by atoms with van der Waals surface area (Å²) in [7, 11) is 0. The second-order valence-corrected chi connectivity index (χ2v) is 9.51. The first-order valence-electron chi connectivity index (χ1n) is 11.1. The lowest BCUT2D eigenvalue weighted by Gasteiger charge is -2.36. The number of oxazole rings is 1. The van der Waals surface area contributed by atoms with Crippen molar-refractivity contribution in [2.24, 2.45) is 0 Å². The van der Waals surface area contributed by atoms with Crippen LogP contribution in [0.15, 0.2) is 65.1 Å². The van der Waals surface area contributed by atoms with Gasteiger partial charge in [-0.05, 0) is 55.5 Å². The Balaban J connectivity index is 1.52. The minimum absolute atomic E-state index is 0.269. The summed E-state index contributed by atoms with van der Waals surface area (Å²) in [6.07, 6.45) is 2.22. The zero-order chi connectivity index (χ0) is 21.4. The molecule has 0 bridgehead atoms. The minimum Gasteiger partial charge on any atom is -0.441 e. The highest BCUT2D eigenvalue weighted by Crippen LogP contribution is 2.43. The maximum Gasteiger partial charge on any atom is 0.226 e. The van der Waals surface area contributed by atoms with Gasteiger partial charge in [-0.25, -0.2) is 4.98 Å². The van der Waals surface area contributed by atoms with Crippen molar-refractivity contribution in [3.63, 3.8) is 0 Å². The third kappa shape index (κ3) is 3.75. The van der Waals surface area contributed by atoms with Crippen LogP contribution in [0.1, 0.15) is 50.9 Å². The van der Waals surface area contributed by atoms with Gasteiger partial charge in [0.1, 0.15) is 5.76 Å². The van der Waals surface area contributed by atoms with Gasteiger partial charge in [0.15, 0.2) is 0 Å². The van der Waals surface area contributed by atoms with Crippen molar-refractivity contribution in [3.05, 3.63) is 98.6 Å². The van der Waals surface area contributed by atoms with Crippen LogP contribution < -0.4 is 0 Å². The van der Waals surface area contributed by atoms with Crippen LogP contribution in [0.3, 0.4) is 0 Å². The molecule has 0 aliphatic carbocycles. The molecule has 1 atom stereocenters. The van der Waals surface area contributed by atoms with Crippen LogP contribution in [0.5, 0.6) is 0 Å². The molecular weight excluding hydrogens is 400 g/mol. The molecule has 0 N–H and O–H groups in total. The first-order valence-corrected chi connectivity index (χ1v) is 11.9. The van der Waals surface area contributed by atoms with E-state index in [9.17, 15) is 0 Å². The quantitative estimate of drug-likeness (QED) is 0.353. The van der Waals surface area contributed by atoms with Crippen molar-refractivity contribution in [1.82, 2.24) is 9.88 Å². The smallest absolute Gasteiger partial charge is 0.226 e. The zero-order valence-corrected chi connectivity index (χ0v) is 19.2. The van der Waals surface area contributed by atoms with Crippen molar-refractivity contribution in [2.45, 2.75) is 46.2 Å². The van der Waals surface area contributed by atoms with Gasteiger partial charge >= 0.3 is 0 Å². The molecule has 4 aromatic rings. The van der Waals surface area contributed by atoms with Gasteiger partial charge in [-0.3, -0.25) is 4.90 Å². The lowest BCUT2D eigenvalue weighted by molar-refractivity contribution is 0.204. The van der Waals surface area contributed by atoms with Crippen molar-refractivity contribution >= 4 is 11.3 Å². The van der Waals surface area contributed by atoms with E-state index in [1.165, 1.54) is 15.3 Å². The molecule has 3 heterocycles. The van der Waals surface area contributed by atoms with E-state index in [2.05, 4.69) is 61.2 Å². The van der Waals surface area contributed by atoms with Gasteiger partial charge in [0.25, 0.3) is 0 Å². The first kappa shape index (κ1) is 20.2. The Bertz CT molecular complexity index is 1180. The second kappa shape index (κ2) is 8.45. The molecule has 31 heavy (non-hydrogen) atoms. The molecule has 1 aliphatic rings. The third-order valence-corrected chi connectivity index (χ3v) is 7.59. The average molecular weight is 429 g/mol. The predicted molar refractivity (Wildman–Crippen MR) is 128 cm³/mol. The maximum atomic E-state index is 6.06. The van der Waals surface area contributed by atoms with Crippen LogP contribution in [0.4, 0.5) is 0 Å². The van der Waals surface area contributed by atoms with Gasteiger partial charge in [-0.2, -0.15) is 0 Å². The van der Waals surface area contributed by atoms with E-state index in [0.29, 0.717) is 5.89 Å². The lowest BCUT2D eigenvalue weighted by atomic mass is 9.91. The molecule has 4 heteroatoms. The van der Waals surface area contributed by atoms with Crippen LogP contribution in [0, 0.1) is 13.8 Å². The molecule has 0 spiro atoms. The van der Waals surface area contributed by atoms with Crippen LogP contribution in [-0.4, -0.2) is 16.4 Å². The summed E-state index contributed by atoms with van der Waals surface area (Å²) in [4.78, 5) is 10.5. The number of nitrogens with zero attached hydrogens (tertiary/aromatic N) is 2. The molecule has 3 nitrogen and oxygen atoms in total. The fourth-order valence-electron chi connectivity index (χ4n) is 4.80. The molecule has 0 saturated carbocycles. The Kier molecular flexibility index (Phi) is 5.51. The zero-order valence-electron chi connectivity index (χ0n) is 18.4. The minimum atomic E-state index is 0.269. The third-order valence-electron chi connectivity index (χ3n) is 6.35. The maximum absolute atomic E-state index is 6.06. The molecule has 0 fully saturated rings. The van der Waals surface area contributed by atoms with E-state index in [4.69, 9.17) is 9.40 Å². The van der Waals surface area contributed by atoms with Gasteiger partial charge in [0, 0.05) is 28.4 Å². The monoisotopic (exact) mass is 428 g/mol. The lowest BCUT2D eigenvalue weighted by Crippen LogP contribution is -2.35. The Morgan fingerprint density at radius 1 is 1.03 bits per heavy atom. The number of aryl methyl sites for hydroxylation is 2. The first-order chi connectivity index (χ1) is 15.2. The Morgan fingerprint density at radius 2 is 1.74 bits per heavy atom. The van der Waals surface area contributed by atoms with Gasteiger partial charge in [-0.15, -0.1) is 11.3 Å². The fourth-order valence-corrected chi connectivity index (χ4v) is 6.26. The van der Waals surface area contributed by atoms with Crippen molar-refractivity contribution < 1.29 is 4.42 Å². The van der Waals surface area contributed by atoms with Crippen LogP contribution in [-0.2, 0) is 19.4 Å². The summed E-state index contributed by atoms with van der Waals surface area (Å²) in [5.41, 5.74) is 6.56. The normalized spacial score (nSPS) is 16.4. The number of aromatic nitrogens is 1. The molecule has 2 aromatic heterocycles. The van der Waals surface area contributed by atoms with E-state index in [0.717, 1.165) is 42.9 Å². The number of hydrogen-bond donors (Lipinski definition) is 0. The largest absolute Gasteiger partial charge is 0.441 e. The highest BCUT2D eigenvalue weighted by molar-refractivity contribution is 7.12. The predicted octanol–water partition coefficient (Wildman–Crippen LogP) is 6.73. The van der Waals surface area contributed by atoms with Crippen LogP contribution >= 0.6 is 11.3 Å². The summed E-state index contributed by atoms with van der Waals surface area (Å²) in [5.74, 6) is 1.62. The second-order valence-electron chi connectivity index (χ2n) is 8.25. The van der Waals surface area contributed by atoms with Crippen LogP contribution in [0.2, 0.25) is 0 Å². The highest BCUT2D eigenvalue weighted by atomic mass is 32.1. The average Bonchev–Trinajstić information content (AvgIpc) is 3.33. The molecule has 0 unspecified atom stereocenters. The Morgan fingerprint density at radius 3 is 2.45 bits per heavy atom. The summed E-state index contributed by atoms with van der Waals surface area (Å²) >= 11 is 1.98. The molecular formula is C27H28N2OS. The van der Waals surface area contributed by atoms with Crippen LogP contribution in [0.25, 0.3) is 11.5 Å². The van der Waals surface area contributed by atoms with Gasteiger partial charge in [0.05, 0.1) is 11.7 Å². The number of thiophene rings is 1. The van der Waals surface area contributed by atoms with E-state index < -0.39 is 0 Å². The molecule has 0 saturated heterocycles. The van der Waals surface area contributed by atoms with Gasteiger partial charge in [0.2, 0.25) is 5.89 Å². The van der Waals surface area contributed by atoms with E-state index in [1.54, 1.807) is 11.1 Å². The molecule has 0 amide bonds. The molecule has 5 rings (SSSR count). The van der Waals surface area contributed by atoms with E-state index >= 15 is 0 Å². The SMILES string of the molecule is CCc1c(C)sc2c1CCN(Cc1nc(-c3ccccc3)oc1C)[C@@H]2c1ccccc1. The number of hydrogen-bond acceptors (Lipinski definition) is 4. The summed E-state index contributed by atoms with van der Waals surface area (Å²) in [6, 6.07) is 21.4. The van der Waals surface area contributed by atoms with Gasteiger partial charge in [-0.1, -0.05) is 55.5 Å². The molecule has 1 aliphatic heterocycles.